The van der Waals surface area contributed by atoms with E-state index in [4.69, 9.17) is 0 Å². The zero-order valence-corrected chi connectivity index (χ0v) is 12.5. The summed E-state index contributed by atoms with van der Waals surface area (Å²) in [5.41, 5.74) is -0.0808. The molecule has 0 spiro atoms. The first-order chi connectivity index (χ1) is 9.43. The lowest BCUT2D eigenvalue weighted by Crippen LogP contribution is -2.27. The number of nitrogens with zero attached hydrogens (tertiary/aromatic N) is 1. The monoisotopic (exact) mass is 348 g/mol. The maximum atomic E-state index is 12.9. The van der Waals surface area contributed by atoms with E-state index in [0.29, 0.717) is 5.69 Å². The van der Waals surface area contributed by atoms with E-state index in [-0.39, 0.29) is 10.5 Å². The lowest BCUT2D eigenvalue weighted by Gasteiger charge is -2.18. The average Bonchev–Trinajstić information content (AvgIpc) is 3.12. The molecule has 1 saturated carbocycles. The molecule has 3 rings (SSSR count). The second kappa shape index (κ2) is 5.22. The third-order valence-electron chi connectivity index (χ3n) is 3.93. The molecule has 1 saturated heterocycles. The third kappa shape index (κ3) is 3.11. The zero-order valence-electron chi connectivity index (χ0n) is 10.9. The van der Waals surface area contributed by atoms with Gasteiger partial charge in [0.1, 0.15) is 0 Å². The Morgan fingerprint density at radius 3 is 2.60 bits per heavy atom. The van der Waals surface area contributed by atoms with Gasteiger partial charge in [0, 0.05) is 35.3 Å². The fourth-order valence-electron chi connectivity index (χ4n) is 2.74. The standard InChI is InChI=1S/C14H16BrF3N2/c15-13-4-1-9(7-12(13)14(16,17)18)19-10-5-6-20(8-10)11-2-3-11/h1,4,7,10-11,19H,2-3,5-6,8H2. The molecule has 1 heterocycles. The summed E-state index contributed by atoms with van der Waals surface area (Å²) in [4.78, 5) is 2.43. The number of likely N-dealkylation sites (tertiary alicyclic amines) is 1. The normalized spacial score (nSPS) is 24.1. The summed E-state index contributed by atoms with van der Waals surface area (Å²) in [5, 5.41) is 3.23. The molecule has 2 aliphatic rings. The van der Waals surface area contributed by atoms with Crippen molar-refractivity contribution in [2.45, 2.75) is 37.5 Å². The molecule has 1 N–H and O–H groups in total. The molecular formula is C14H16BrF3N2. The summed E-state index contributed by atoms with van der Waals surface area (Å²) in [5.74, 6) is 0. The van der Waals surface area contributed by atoms with Crippen molar-refractivity contribution in [1.29, 1.82) is 0 Å². The number of hydrogen-bond acceptors (Lipinski definition) is 2. The van der Waals surface area contributed by atoms with Crippen LogP contribution in [0.2, 0.25) is 0 Å². The van der Waals surface area contributed by atoms with Crippen LogP contribution in [0.1, 0.15) is 24.8 Å². The molecule has 0 aromatic heterocycles. The largest absolute Gasteiger partial charge is 0.417 e. The first kappa shape index (κ1) is 14.2. The Morgan fingerprint density at radius 1 is 1.20 bits per heavy atom. The Labute approximate surface area is 124 Å². The van der Waals surface area contributed by atoms with Crippen LogP contribution >= 0.6 is 15.9 Å². The van der Waals surface area contributed by atoms with Gasteiger partial charge in [-0.25, -0.2) is 0 Å². The van der Waals surface area contributed by atoms with Crippen molar-refractivity contribution in [3.63, 3.8) is 0 Å². The Bertz CT molecular complexity index is 500. The van der Waals surface area contributed by atoms with Gasteiger partial charge in [-0.15, -0.1) is 0 Å². The van der Waals surface area contributed by atoms with Crippen molar-refractivity contribution in [1.82, 2.24) is 4.90 Å². The van der Waals surface area contributed by atoms with Crippen LogP contribution in [-0.4, -0.2) is 30.1 Å². The molecule has 6 heteroatoms. The summed E-state index contributed by atoms with van der Waals surface area (Å²) in [7, 11) is 0. The van der Waals surface area contributed by atoms with Gasteiger partial charge in [-0.3, -0.25) is 4.90 Å². The van der Waals surface area contributed by atoms with Gasteiger partial charge in [0.2, 0.25) is 0 Å². The fourth-order valence-corrected chi connectivity index (χ4v) is 3.22. The molecule has 2 nitrogen and oxygen atoms in total. The highest BCUT2D eigenvalue weighted by Gasteiger charge is 2.35. The smallest absolute Gasteiger partial charge is 0.381 e. The maximum absolute atomic E-state index is 12.9. The van der Waals surface area contributed by atoms with Gasteiger partial charge >= 0.3 is 6.18 Å². The SMILES string of the molecule is FC(F)(F)c1cc(NC2CCN(C3CC3)C2)ccc1Br. The minimum Gasteiger partial charge on any atom is -0.381 e. The van der Waals surface area contributed by atoms with Crippen molar-refractivity contribution < 1.29 is 13.2 Å². The van der Waals surface area contributed by atoms with Crippen LogP contribution in [0.3, 0.4) is 0 Å². The highest BCUT2D eigenvalue weighted by molar-refractivity contribution is 9.10. The van der Waals surface area contributed by atoms with Crippen LogP contribution in [0, 0.1) is 0 Å². The molecule has 1 unspecified atom stereocenters. The van der Waals surface area contributed by atoms with E-state index >= 15 is 0 Å². The second-order valence-corrected chi connectivity index (χ2v) is 6.40. The number of rotatable bonds is 3. The number of alkyl halides is 3. The molecule has 20 heavy (non-hydrogen) atoms. The van der Waals surface area contributed by atoms with E-state index in [2.05, 4.69) is 26.1 Å². The van der Waals surface area contributed by atoms with E-state index in [1.165, 1.54) is 25.0 Å². The van der Waals surface area contributed by atoms with Gasteiger partial charge in [0.25, 0.3) is 0 Å². The predicted octanol–water partition coefficient (Wildman–Crippen LogP) is 4.12. The van der Waals surface area contributed by atoms with Crippen LogP contribution in [0.5, 0.6) is 0 Å². The lowest BCUT2D eigenvalue weighted by atomic mass is 10.1. The molecular weight excluding hydrogens is 333 g/mol. The maximum Gasteiger partial charge on any atom is 0.417 e. The van der Waals surface area contributed by atoms with E-state index in [1.807, 2.05) is 0 Å². The summed E-state index contributed by atoms with van der Waals surface area (Å²) in [6.07, 6.45) is -0.799. The van der Waals surface area contributed by atoms with E-state index in [0.717, 1.165) is 25.6 Å². The zero-order chi connectivity index (χ0) is 14.3. The van der Waals surface area contributed by atoms with Crippen molar-refractivity contribution in [2.75, 3.05) is 18.4 Å². The number of anilines is 1. The van der Waals surface area contributed by atoms with Crippen LogP contribution in [-0.2, 0) is 6.18 Å². The number of benzene rings is 1. The molecule has 0 amide bonds. The summed E-state index contributed by atoms with van der Waals surface area (Å²) < 4.78 is 38.6. The minimum atomic E-state index is -4.33. The molecule has 1 aliphatic heterocycles. The highest BCUT2D eigenvalue weighted by atomic mass is 79.9. The van der Waals surface area contributed by atoms with Crippen molar-refractivity contribution in [3.8, 4) is 0 Å². The minimum absolute atomic E-state index is 0.0848. The molecule has 110 valence electrons. The third-order valence-corrected chi connectivity index (χ3v) is 4.62. The Balaban J connectivity index is 1.68. The van der Waals surface area contributed by atoms with Crippen LogP contribution in [0.25, 0.3) is 0 Å². The quantitative estimate of drug-likeness (QED) is 0.883. The molecule has 1 aromatic rings. The number of nitrogens with one attached hydrogen (secondary N) is 1. The van der Waals surface area contributed by atoms with Gasteiger partial charge in [-0.2, -0.15) is 13.2 Å². The Hall–Kier alpha value is -0.750. The summed E-state index contributed by atoms with van der Waals surface area (Å²) in [6, 6.07) is 5.30. The van der Waals surface area contributed by atoms with E-state index in [1.54, 1.807) is 6.07 Å². The fraction of sp³-hybridized carbons (Fsp3) is 0.571. The van der Waals surface area contributed by atoms with Gasteiger partial charge in [-0.05, 0) is 37.5 Å². The van der Waals surface area contributed by atoms with Gasteiger partial charge in [-0.1, -0.05) is 15.9 Å². The van der Waals surface area contributed by atoms with Gasteiger partial charge in [0.15, 0.2) is 0 Å². The molecule has 1 aliphatic carbocycles. The lowest BCUT2D eigenvalue weighted by molar-refractivity contribution is -0.138. The predicted molar refractivity (Wildman–Crippen MR) is 75.8 cm³/mol. The van der Waals surface area contributed by atoms with E-state index in [9.17, 15) is 13.2 Å². The molecule has 1 aromatic carbocycles. The first-order valence-electron chi connectivity index (χ1n) is 6.81. The van der Waals surface area contributed by atoms with Crippen LogP contribution < -0.4 is 5.32 Å². The number of halogens is 4. The van der Waals surface area contributed by atoms with Crippen LogP contribution in [0.15, 0.2) is 22.7 Å². The molecule has 2 fully saturated rings. The van der Waals surface area contributed by atoms with Crippen LogP contribution in [0.4, 0.5) is 18.9 Å². The Morgan fingerprint density at radius 2 is 1.95 bits per heavy atom. The van der Waals surface area contributed by atoms with E-state index < -0.39 is 11.7 Å². The Kier molecular flexibility index (Phi) is 3.71. The topological polar surface area (TPSA) is 15.3 Å². The van der Waals surface area contributed by atoms with Gasteiger partial charge in [0.05, 0.1) is 5.56 Å². The van der Waals surface area contributed by atoms with Gasteiger partial charge < -0.3 is 5.32 Å². The summed E-state index contributed by atoms with van der Waals surface area (Å²) in [6.45, 7) is 1.98. The van der Waals surface area contributed by atoms with Crippen molar-refractivity contribution in [3.05, 3.63) is 28.2 Å². The first-order valence-corrected chi connectivity index (χ1v) is 7.60. The molecule has 1 atom stereocenters. The summed E-state index contributed by atoms with van der Waals surface area (Å²) >= 11 is 2.96. The van der Waals surface area contributed by atoms with Crippen molar-refractivity contribution in [2.24, 2.45) is 0 Å². The molecule has 0 bridgehead atoms. The van der Waals surface area contributed by atoms with Crippen molar-refractivity contribution >= 4 is 21.6 Å². The highest BCUT2D eigenvalue weighted by Crippen LogP contribution is 2.37. The average molecular weight is 349 g/mol. The second-order valence-electron chi connectivity index (χ2n) is 5.55. The number of hydrogen-bond donors (Lipinski definition) is 1. The molecule has 0 radical (unpaired) electrons.